The first-order chi connectivity index (χ1) is 9.88. The van der Waals surface area contributed by atoms with E-state index >= 15 is 0 Å². The first-order valence-corrected chi connectivity index (χ1v) is 6.85. The summed E-state index contributed by atoms with van der Waals surface area (Å²) >= 11 is 0. The molecule has 1 saturated heterocycles. The van der Waals surface area contributed by atoms with Gasteiger partial charge in [-0.25, -0.2) is 4.79 Å². The Balaban J connectivity index is 2.24. The number of aromatic nitrogens is 2. The second kappa shape index (κ2) is 5.99. The third-order valence-corrected chi connectivity index (χ3v) is 3.52. The molecule has 7 nitrogen and oxygen atoms in total. The average Bonchev–Trinajstić information content (AvgIpc) is 2.90. The molecule has 1 aromatic heterocycles. The van der Waals surface area contributed by atoms with E-state index in [9.17, 15) is 9.59 Å². The van der Waals surface area contributed by atoms with Gasteiger partial charge in [-0.2, -0.15) is 5.10 Å². The van der Waals surface area contributed by atoms with Crippen molar-refractivity contribution in [2.75, 3.05) is 18.0 Å². The minimum atomic E-state index is -0.984. The smallest absolute Gasteiger partial charge is 0.328 e. The Morgan fingerprint density at radius 3 is 2.81 bits per heavy atom. The van der Waals surface area contributed by atoms with E-state index in [1.807, 2.05) is 14.0 Å². The fourth-order valence-electron chi connectivity index (χ4n) is 2.75. The van der Waals surface area contributed by atoms with Crippen LogP contribution in [-0.4, -0.2) is 45.9 Å². The van der Waals surface area contributed by atoms with Gasteiger partial charge in [0.1, 0.15) is 5.82 Å². The molecule has 114 valence electrons. The van der Waals surface area contributed by atoms with Crippen molar-refractivity contribution < 1.29 is 14.7 Å². The third kappa shape index (κ3) is 3.42. The summed E-state index contributed by atoms with van der Waals surface area (Å²) in [5.41, 5.74) is 1.59. The number of carboxylic acid groups (broad SMARTS) is 1. The summed E-state index contributed by atoms with van der Waals surface area (Å²) in [4.78, 5) is 24.0. The zero-order valence-corrected chi connectivity index (χ0v) is 12.5. The van der Waals surface area contributed by atoms with Crippen molar-refractivity contribution in [2.45, 2.75) is 26.3 Å². The maximum Gasteiger partial charge on any atom is 0.328 e. The van der Waals surface area contributed by atoms with Crippen molar-refractivity contribution in [3.8, 4) is 0 Å². The van der Waals surface area contributed by atoms with Gasteiger partial charge in [-0.3, -0.25) is 9.48 Å². The molecule has 1 aliphatic heterocycles. The topological polar surface area (TPSA) is 87.5 Å². The third-order valence-electron chi connectivity index (χ3n) is 3.52. The van der Waals surface area contributed by atoms with E-state index in [0.29, 0.717) is 6.54 Å². The largest absolute Gasteiger partial charge is 0.478 e. The van der Waals surface area contributed by atoms with E-state index in [-0.39, 0.29) is 11.9 Å². The Bertz CT molecular complexity index is 591. The number of aryl methyl sites for hydroxylation is 2. The molecule has 2 heterocycles. The molecule has 1 aromatic rings. The van der Waals surface area contributed by atoms with Crippen LogP contribution in [0.2, 0.25) is 0 Å². The van der Waals surface area contributed by atoms with Crippen molar-refractivity contribution in [2.24, 2.45) is 7.05 Å². The fourth-order valence-corrected chi connectivity index (χ4v) is 2.75. The van der Waals surface area contributed by atoms with E-state index in [4.69, 9.17) is 5.11 Å². The van der Waals surface area contributed by atoms with Crippen LogP contribution in [-0.2, 0) is 16.6 Å². The lowest BCUT2D eigenvalue weighted by Crippen LogP contribution is -2.36. The molecule has 0 radical (unpaired) electrons. The number of hydrogen-bond acceptors (Lipinski definition) is 4. The zero-order chi connectivity index (χ0) is 15.6. The summed E-state index contributed by atoms with van der Waals surface area (Å²) < 4.78 is 1.76. The van der Waals surface area contributed by atoms with Gasteiger partial charge in [0.05, 0.1) is 5.69 Å². The highest BCUT2D eigenvalue weighted by Gasteiger charge is 2.27. The lowest BCUT2D eigenvalue weighted by molar-refractivity contribution is -0.131. The molecule has 2 rings (SSSR count). The van der Waals surface area contributed by atoms with Gasteiger partial charge in [0.25, 0.3) is 0 Å². The first-order valence-electron chi connectivity index (χ1n) is 6.85. The number of carboxylic acids is 1. The molecule has 0 spiro atoms. The van der Waals surface area contributed by atoms with Crippen LogP contribution in [0.1, 0.15) is 24.6 Å². The zero-order valence-electron chi connectivity index (χ0n) is 12.5. The molecule has 1 fully saturated rings. The number of anilines is 1. The monoisotopic (exact) mass is 292 g/mol. The summed E-state index contributed by atoms with van der Waals surface area (Å²) in [6.45, 7) is 4.87. The van der Waals surface area contributed by atoms with Gasteiger partial charge in [-0.15, -0.1) is 0 Å². The summed E-state index contributed by atoms with van der Waals surface area (Å²) in [5.74, 6) is -0.131. The van der Waals surface area contributed by atoms with Gasteiger partial charge in [0.15, 0.2) is 0 Å². The van der Waals surface area contributed by atoms with Gasteiger partial charge in [0, 0.05) is 44.7 Å². The molecule has 1 unspecified atom stereocenters. The molecule has 1 atom stereocenters. The molecule has 0 aliphatic carbocycles. The molecule has 1 amide bonds. The van der Waals surface area contributed by atoms with Gasteiger partial charge < -0.3 is 15.3 Å². The molecule has 1 aliphatic rings. The van der Waals surface area contributed by atoms with Crippen LogP contribution in [0.5, 0.6) is 0 Å². The van der Waals surface area contributed by atoms with E-state index in [1.165, 1.54) is 6.92 Å². The lowest BCUT2D eigenvalue weighted by Gasteiger charge is -2.20. The first kappa shape index (κ1) is 15.1. The second-order valence-corrected chi connectivity index (χ2v) is 5.25. The summed E-state index contributed by atoms with van der Waals surface area (Å²) in [7, 11) is 1.84. The number of rotatable bonds is 4. The van der Waals surface area contributed by atoms with Gasteiger partial charge in [-0.1, -0.05) is 0 Å². The number of carbonyl (C=O) groups is 2. The quantitative estimate of drug-likeness (QED) is 0.791. The minimum Gasteiger partial charge on any atom is -0.478 e. The Morgan fingerprint density at radius 1 is 1.48 bits per heavy atom. The maximum atomic E-state index is 11.1. The normalized spacial score (nSPS) is 18.4. The van der Waals surface area contributed by atoms with E-state index in [0.717, 1.165) is 36.1 Å². The van der Waals surface area contributed by atoms with Crippen LogP contribution in [0.25, 0.3) is 6.08 Å². The highest BCUT2D eigenvalue weighted by atomic mass is 16.4. The maximum absolute atomic E-state index is 11.1. The van der Waals surface area contributed by atoms with Crippen molar-refractivity contribution >= 4 is 23.8 Å². The predicted octanol–water partition coefficient (Wildman–Crippen LogP) is 0.541. The Kier molecular flexibility index (Phi) is 4.30. The SMILES string of the molecule is CC(=O)NC1CCN(c2c(/C=C/C(=O)O)c(C)nn2C)C1. The lowest BCUT2D eigenvalue weighted by atomic mass is 10.2. The number of aliphatic carboxylic acids is 1. The van der Waals surface area contributed by atoms with Crippen LogP contribution in [0, 0.1) is 6.92 Å². The molecular weight excluding hydrogens is 272 g/mol. The van der Waals surface area contributed by atoms with Crippen LogP contribution in [0.4, 0.5) is 5.82 Å². The molecule has 2 N–H and O–H groups in total. The molecule has 7 heteroatoms. The number of nitrogens with one attached hydrogen (secondary N) is 1. The van der Waals surface area contributed by atoms with Crippen molar-refractivity contribution in [1.29, 1.82) is 0 Å². The van der Waals surface area contributed by atoms with Crippen LogP contribution >= 0.6 is 0 Å². The Hall–Kier alpha value is -2.31. The van der Waals surface area contributed by atoms with Crippen LogP contribution in [0.15, 0.2) is 6.08 Å². The highest BCUT2D eigenvalue weighted by Crippen LogP contribution is 2.27. The van der Waals surface area contributed by atoms with E-state index in [1.54, 1.807) is 10.8 Å². The minimum absolute atomic E-state index is 0.0333. The number of nitrogens with zero attached hydrogens (tertiary/aromatic N) is 3. The highest BCUT2D eigenvalue weighted by molar-refractivity contribution is 5.87. The van der Waals surface area contributed by atoms with Crippen molar-refractivity contribution in [1.82, 2.24) is 15.1 Å². The van der Waals surface area contributed by atoms with Gasteiger partial charge in [-0.05, 0) is 19.4 Å². The Morgan fingerprint density at radius 2 is 2.19 bits per heavy atom. The molecule has 0 bridgehead atoms. The second-order valence-electron chi connectivity index (χ2n) is 5.25. The number of hydrogen-bond donors (Lipinski definition) is 2. The summed E-state index contributed by atoms with van der Waals surface area (Å²) in [6.07, 6.45) is 3.56. The summed E-state index contributed by atoms with van der Waals surface area (Å²) in [6, 6.07) is 0.119. The van der Waals surface area contributed by atoms with Crippen LogP contribution in [0.3, 0.4) is 0 Å². The molecule has 0 aromatic carbocycles. The molecular formula is C14H20N4O3. The standard InChI is InChI=1S/C14H20N4O3/c1-9-12(4-5-13(20)21)14(17(3)16-9)18-7-6-11(8-18)15-10(2)19/h4-5,11H,6-8H2,1-3H3,(H,15,19)(H,20,21)/b5-4+. The van der Waals surface area contributed by atoms with Gasteiger partial charge >= 0.3 is 5.97 Å². The van der Waals surface area contributed by atoms with E-state index in [2.05, 4.69) is 15.3 Å². The van der Waals surface area contributed by atoms with Crippen LogP contribution < -0.4 is 10.2 Å². The Labute approximate surface area is 123 Å². The summed E-state index contributed by atoms with van der Waals surface area (Å²) in [5, 5.41) is 16.1. The molecule has 21 heavy (non-hydrogen) atoms. The van der Waals surface area contributed by atoms with E-state index < -0.39 is 5.97 Å². The van der Waals surface area contributed by atoms with Crippen molar-refractivity contribution in [3.05, 3.63) is 17.3 Å². The predicted molar refractivity (Wildman–Crippen MR) is 79.0 cm³/mol. The van der Waals surface area contributed by atoms with Gasteiger partial charge in [0.2, 0.25) is 5.91 Å². The number of amides is 1. The van der Waals surface area contributed by atoms with Crippen molar-refractivity contribution in [3.63, 3.8) is 0 Å². The number of carbonyl (C=O) groups excluding carboxylic acids is 1. The average molecular weight is 292 g/mol. The fraction of sp³-hybridized carbons (Fsp3) is 0.500. The molecule has 0 saturated carbocycles.